The lowest BCUT2D eigenvalue weighted by atomic mass is 9.95. The third-order valence-corrected chi connectivity index (χ3v) is 4.52. The van der Waals surface area contributed by atoms with Crippen LogP contribution in [0, 0.1) is 6.92 Å². The summed E-state index contributed by atoms with van der Waals surface area (Å²) in [5, 5.41) is 5.47. The van der Waals surface area contributed by atoms with Gasteiger partial charge >= 0.3 is 11.8 Å². The maximum absolute atomic E-state index is 12.1. The Morgan fingerprint density at radius 1 is 1.27 bits per heavy atom. The van der Waals surface area contributed by atoms with E-state index in [-0.39, 0.29) is 12.6 Å². The van der Waals surface area contributed by atoms with Crippen molar-refractivity contribution in [3.63, 3.8) is 0 Å². The van der Waals surface area contributed by atoms with E-state index in [2.05, 4.69) is 25.6 Å². The molecule has 134 valence electrons. The van der Waals surface area contributed by atoms with Crippen molar-refractivity contribution in [2.75, 3.05) is 5.32 Å². The molecule has 0 bridgehead atoms. The number of aryl methyl sites for hydroxylation is 2. The summed E-state index contributed by atoms with van der Waals surface area (Å²) in [5.74, 6) is 0.0897. The van der Waals surface area contributed by atoms with Gasteiger partial charge in [-0.05, 0) is 50.3 Å². The summed E-state index contributed by atoms with van der Waals surface area (Å²) >= 11 is 0. The van der Waals surface area contributed by atoms with Crippen LogP contribution in [0.15, 0.2) is 27.4 Å². The molecule has 3 aromatic rings. The topological polar surface area (TPSA) is 113 Å². The van der Waals surface area contributed by atoms with Gasteiger partial charge in [-0.2, -0.15) is 0 Å². The van der Waals surface area contributed by atoms with E-state index >= 15 is 0 Å². The van der Waals surface area contributed by atoms with Crippen LogP contribution in [0.2, 0.25) is 0 Å². The Bertz CT molecular complexity index is 1040. The molecule has 2 amide bonds. The van der Waals surface area contributed by atoms with Gasteiger partial charge in [0.15, 0.2) is 5.58 Å². The number of carbonyl (C=O) groups excluding carboxylic acids is 1. The fourth-order valence-electron chi connectivity index (χ4n) is 3.28. The number of H-pyrrole nitrogens is 1. The Kier molecular flexibility index (Phi) is 4.16. The van der Waals surface area contributed by atoms with Crippen molar-refractivity contribution < 1.29 is 9.21 Å². The number of hydrogen-bond donors (Lipinski definition) is 3. The first kappa shape index (κ1) is 16.3. The summed E-state index contributed by atoms with van der Waals surface area (Å²) in [6.45, 7) is 2.25. The summed E-state index contributed by atoms with van der Waals surface area (Å²) in [6.07, 6.45) is 4.34. The third kappa shape index (κ3) is 3.30. The summed E-state index contributed by atoms with van der Waals surface area (Å²) < 4.78 is 4.98. The van der Waals surface area contributed by atoms with Gasteiger partial charge in [-0.25, -0.2) is 19.6 Å². The van der Waals surface area contributed by atoms with Crippen LogP contribution >= 0.6 is 0 Å². The molecule has 1 aliphatic rings. The number of amides is 2. The number of nitrogens with zero attached hydrogens (tertiary/aromatic N) is 2. The smallest absolute Gasteiger partial charge is 0.408 e. The zero-order valence-electron chi connectivity index (χ0n) is 14.4. The van der Waals surface area contributed by atoms with E-state index in [4.69, 9.17) is 4.42 Å². The molecule has 0 unspecified atom stereocenters. The number of rotatable bonds is 3. The Morgan fingerprint density at radius 3 is 3.00 bits per heavy atom. The molecule has 26 heavy (non-hydrogen) atoms. The van der Waals surface area contributed by atoms with Crippen LogP contribution in [0.3, 0.4) is 0 Å². The van der Waals surface area contributed by atoms with Crippen LogP contribution in [0.1, 0.15) is 35.6 Å². The number of aromatic nitrogens is 3. The number of oxazole rings is 1. The minimum absolute atomic E-state index is 0.251. The molecule has 8 heteroatoms. The van der Waals surface area contributed by atoms with Crippen molar-refractivity contribution in [3.8, 4) is 0 Å². The Labute approximate surface area is 149 Å². The summed E-state index contributed by atoms with van der Waals surface area (Å²) in [4.78, 5) is 34.9. The number of aromatic amines is 1. The van der Waals surface area contributed by atoms with Crippen molar-refractivity contribution >= 4 is 22.8 Å². The second-order valence-electron chi connectivity index (χ2n) is 6.39. The normalized spacial score (nSPS) is 13.4. The molecule has 8 nitrogen and oxygen atoms in total. The van der Waals surface area contributed by atoms with Gasteiger partial charge in [0, 0.05) is 23.1 Å². The third-order valence-electron chi connectivity index (χ3n) is 4.52. The van der Waals surface area contributed by atoms with Crippen LogP contribution in [0.5, 0.6) is 0 Å². The number of nitrogens with one attached hydrogen (secondary N) is 3. The van der Waals surface area contributed by atoms with Gasteiger partial charge in [0.1, 0.15) is 5.82 Å². The molecular formula is C18H19N5O3. The molecule has 3 N–H and O–H groups in total. The Balaban J connectivity index is 1.41. The minimum Gasteiger partial charge on any atom is -0.408 e. The molecule has 1 aromatic carbocycles. The summed E-state index contributed by atoms with van der Waals surface area (Å²) in [7, 11) is 0. The zero-order valence-corrected chi connectivity index (χ0v) is 14.4. The second kappa shape index (κ2) is 6.62. The summed E-state index contributed by atoms with van der Waals surface area (Å²) in [5.41, 5.74) is 4.86. The van der Waals surface area contributed by atoms with Gasteiger partial charge in [0.05, 0.1) is 12.1 Å². The molecule has 0 radical (unpaired) electrons. The SMILES string of the molecule is Cc1nc(CNC(=O)Nc2ccc3[nH]c(=O)oc3c2)nc2c1CCCC2. The lowest BCUT2D eigenvalue weighted by Crippen LogP contribution is -2.29. The minimum atomic E-state index is -0.526. The lowest BCUT2D eigenvalue weighted by Gasteiger charge is -2.17. The first-order chi connectivity index (χ1) is 12.6. The lowest BCUT2D eigenvalue weighted by molar-refractivity contribution is 0.251. The van der Waals surface area contributed by atoms with Gasteiger partial charge < -0.3 is 15.1 Å². The second-order valence-corrected chi connectivity index (χ2v) is 6.39. The van der Waals surface area contributed by atoms with Crippen molar-refractivity contribution in [2.45, 2.75) is 39.2 Å². The Morgan fingerprint density at radius 2 is 2.12 bits per heavy atom. The highest BCUT2D eigenvalue weighted by Crippen LogP contribution is 2.21. The first-order valence-corrected chi connectivity index (χ1v) is 8.61. The number of hydrogen-bond acceptors (Lipinski definition) is 5. The van der Waals surface area contributed by atoms with Crippen LogP contribution in [-0.2, 0) is 19.4 Å². The van der Waals surface area contributed by atoms with E-state index in [1.54, 1.807) is 18.2 Å². The van der Waals surface area contributed by atoms with Crippen molar-refractivity contribution in [2.24, 2.45) is 0 Å². The number of urea groups is 1. The highest BCUT2D eigenvalue weighted by Gasteiger charge is 2.15. The van der Waals surface area contributed by atoms with Crippen molar-refractivity contribution in [3.05, 3.63) is 51.5 Å². The average Bonchev–Trinajstić information content (AvgIpc) is 2.99. The van der Waals surface area contributed by atoms with Gasteiger partial charge in [-0.1, -0.05) is 0 Å². The summed E-state index contributed by atoms with van der Waals surface area (Å²) in [6, 6.07) is 4.58. The highest BCUT2D eigenvalue weighted by molar-refractivity contribution is 5.91. The monoisotopic (exact) mass is 353 g/mol. The molecule has 0 atom stereocenters. The molecule has 2 aromatic heterocycles. The van der Waals surface area contributed by atoms with Gasteiger partial charge in [-0.3, -0.25) is 4.98 Å². The highest BCUT2D eigenvalue weighted by atomic mass is 16.4. The zero-order chi connectivity index (χ0) is 18.1. The molecule has 1 aliphatic carbocycles. The van der Waals surface area contributed by atoms with Gasteiger partial charge in [0.2, 0.25) is 0 Å². The van der Waals surface area contributed by atoms with Crippen molar-refractivity contribution in [1.82, 2.24) is 20.3 Å². The molecule has 0 fully saturated rings. The number of carbonyl (C=O) groups is 1. The van der Waals surface area contributed by atoms with E-state index in [1.165, 1.54) is 12.0 Å². The molecular weight excluding hydrogens is 334 g/mol. The number of anilines is 1. The van der Waals surface area contributed by atoms with E-state index in [1.807, 2.05) is 6.92 Å². The van der Waals surface area contributed by atoms with E-state index in [9.17, 15) is 9.59 Å². The quantitative estimate of drug-likeness (QED) is 0.669. The predicted molar refractivity (Wildman–Crippen MR) is 96.1 cm³/mol. The van der Waals surface area contributed by atoms with Gasteiger partial charge in [-0.15, -0.1) is 0 Å². The largest absolute Gasteiger partial charge is 0.417 e. The van der Waals surface area contributed by atoms with Crippen LogP contribution in [0.25, 0.3) is 11.1 Å². The van der Waals surface area contributed by atoms with Gasteiger partial charge in [0.25, 0.3) is 0 Å². The standard InChI is InChI=1S/C18H19N5O3/c1-10-12-4-2-3-5-13(12)22-16(20-10)9-19-17(24)21-11-6-7-14-15(8-11)26-18(25)23-14/h6-8H,2-5,9H2,1H3,(H,23,25)(H2,19,21,24). The predicted octanol–water partition coefficient (Wildman–Crippen LogP) is 2.42. The maximum atomic E-state index is 12.1. The number of fused-ring (bicyclic) bond motifs is 2. The van der Waals surface area contributed by atoms with E-state index < -0.39 is 5.76 Å². The molecule has 0 spiro atoms. The molecule has 2 heterocycles. The molecule has 0 saturated carbocycles. The first-order valence-electron chi connectivity index (χ1n) is 8.61. The van der Waals surface area contributed by atoms with Crippen molar-refractivity contribution in [1.29, 1.82) is 0 Å². The molecule has 0 aliphatic heterocycles. The maximum Gasteiger partial charge on any atom is 0.417 e. The fourth-order valence-corrected chi connectivity index (χ4v) is 3.28. The fraction of sp³-hybridized carbons (Fsp3) is 0.333. The number of benzene rings is 1. The Hall–Kier alpha value is -3.16. The molecule has 4 rings (SSSR count). The van der Waals surface area contributed by atoms with E-state index in [0.29, 0.717) is 22.6 Å². The van der Waals surface area contributed by atoms with Crippen LogP contribution in [0.4, 0.5) is 10.5 Å². The van der Waals surface area contributed by atoms with E-state index in [0.717, 1.165) is 30.7 Å². The van der Waals surface area contributed by atoms with Crippen LogP contribution in [-0.4, -0.2) is 21.0 Å². The average molecular weight is 353 g/mol. The molecule has 0 saturated heterocycles. The van der Waals surface area contributed by atoms with Crippen LogP contribution < -0.4 is 16.4 Å².